The van der Waals surface area contributed by atoms with E-state index in [1.807, 2.05) is 0 Å². The maximum absolute atomic E-state index is 12.0. The van der Waals surface area contributed by atoms with Crippen molar-refractivity contribution in [2.75, 3.05) is 19.6 Å². The largest absolute Gasteiger partial charge is 0.316 e. The summed E-state index contributed by atoms with van der Waals surface area (Å²) in [7, 11) is -3.39. The molecular formula is C10H15ClN2O2S2. The van der Waals surface area contributed by atoms with E-state index in [2.05, 4.69) is 10.0 Å². The number of halogens is 1. The molecule has 2 rings (SSSR count). The number of sulfonamides is 1. The quantitative estimate of drug-likeness (QED) is 0.887. The summed E-state index contributed by atoms with van der Waals surface area (Å²) in [6.07, 6.45) is 1.02. The van der Waals surface area contributed by atoms with Crippen LogP contribution in [0.15, 0.2) is 10.3 Å². The molecule has 0 saturated carbocycles. The Bertz CT molecular complexity index is 473. The fourth-order valence-electron chi connectivity index (χ4n) is 1.75. The first kappa shape index (κ1) is 13.3. The van der Waals surface area contributed by atoms with Gasteiger partial charge in [0.05, 0.1) is 4.34 Å². The van der Waals surface area contributed by atoms with Gasteiger partial charge in [-0.3, -0.25) is 0 Å². The molecule has 1 aromatic rings. The van der Waals surface area contributed by atoms with Gasteiger partial charge >= 0.3 is 0 Å². The van der Waals surface area contributed by atoms with E-state index >= 15 is 0 Å². The summed E-state index contributed by atoms with van der Waals surface area (Å²) in [5.41, 5.74) is 0.805. The predicted molar refractivity (Wildman–Crippen MR) is 70.2 cm³/mol. The molecule has 1 saturated heterocycles. The van der Waals surface area contributed by atoms with Crippen molar-refractivity contribution < 1.29 is 8.42 Å². The maximum atomic E-state index is 12.0. The van der Waals surface area contributed by atoms with Crippen LogP contribution >= 0.6 is 22.9 Å². The molecule has 1 unspecified atom stereocenters. The van der Waals surface area contributed by atoms with Crippen molar-refractivity contribution in [2.24, 2.45) is 5.92 Å². The first-order chi connectivity index (χ1) is 7.99. The summed E-state index contributed by atoms with van der Waals surface area (Å²) in [5.74, 6) is 0.390. The molecule has 1 aromatic heterocycles. The molecule has 1 aliphatic rings. The van der Waals surface area contributed by atoms with Gasteiger partial charge in [-0.05, 0) is 44.0 Å². The normalized spacial score (nSPS) is 20.9. The number of thiophene rings is 1. The molecule has 1 aliphatic heterocycles. The molecule has 4 nitrogen and oxygen atoms in total. The molecule has 1 atom stereocenters. The van der Waals surface area contributed by atoms with Gasteiger partial charge in [0.1, 0.15) is 4.21 Å². The van der Waals surface area contributed by atoms with Crippen LogP contribution in [0.25, 0.3) is 0 Å². The number of hydrogen-bond acceptors (Lipinski definition) is 4. The molecule has 0 aliphatic carbocycles. The third kappa shape index (κ3) is 3.20. The third-order valence-electron chi connectivity index (χ3n) is 2.82. The van der Waals surface area contributed by atoms with Crippen molar-refractivity contribution in [2.45, 2.75) is 17.6 Å². The maximum Gasteiger partial charge on any atom is 0.250 e. The van der Waals surface area contributed by atoms with Gasteiger partial charge in [0, 0.05) is 6.54 Å². The zero-order chi connectivity index (χ0) is 12.5. The lowest BCUT2D eigenvalue weighted by Gasteiger charge is -2.09. The zero-order valence-corrected chi connectivity index (χ0v) is 11.9. The minimum Gasteiger partial charge on any atom is -0.316 e. The van der Waals surface area contributed by atoms with Crippen LogP contribution in [0.1, 0.15) is 12.0 Å². The van der Waals surface area contributed by atoms with Gasteiger partial charge in [-0.15, -0.1) is 11.3 Å². The van der Waals surface area contributed by atoms with Crippen LogP contribution in [0, 0.1) is 12.8 Å². The number of hydrogen-bond donors (Lipinski definition) is 2. The fourth-order valence-corrected chi connectivity index (χ4v) is 4.62. The molecule has 7 heteroatoms. The SMILES string of the molecule is Cc1cc(S(=O)(=O)NCC2CCNC2)sc1Cl. The van der Waals surface area contributed by atoms with Crippen molar-refractivity contribution >= 4 is 33.0 Å². The fraction of sp³-hybridized carbons (Fsp3) is 0.600. The summed E-state index contributed by atoms with van der Waals surface area (Å²) < 4.78 is 27.4. The Balaban J connectivity index is 2.03. The number of nitrogens with one attached hydrogen (secondary N) is 2. The van der Waals surface area contributed by atoms with E-state index in [0.29, 0.717) is 21.0 Å². The first-order valence-corrected chi connectivity index (χ1v) is 8.13. The van der Waals surface area contributed by atoms with Gasteiger partial charge in [-0.2, -0.15) is 0 Å². The molecule has 96 valence electrons. The van der Waals surface area contributed by atoms with Gasteiger partial charge in [-0.1, -0.05) is 11.6 Å². The van der Waals surface area contributed by atoms with E-state index in [9.17, 15) is 8.42 Å². The Hall–Kier alpha value is -0.140. The summed E-state index contributed by atoms with van der Waals surface area (Å²) >= 11 is 6.98. The Morgan fingerprint density at radius 2 is 2.41 bits per heavy atom. The molecule has 17 heavy (non-hydrogen) atoms. The van der Waals surface area contributed by atoms with Crippen LogP contribution in [0.2, 0.25) is 4.34 Å². The Morgan fingerprint density at radius 1 is 1.65 bits per heavy atom. The van der Waals surface area contributed by atoms with Crippen LogP contribution in [0.3, 0.4) is 0 Å². The smallest absolute Gasteiger partial charge is 0.250 e. The second-order valence-corrected chi connectivity index (χ2v) is 7.88. The summed E-state index contributed by atoms with van der Waals surface area (Å²) in [6, 6.07) is 1.61. The molecule has 1 fully saturated rings. The molecule has 2 heterocycles. The summed E-state index contributed by atoms with van der Waals surface area (Å²) in [6.45, 7) is 4.14. The van der Waals surface area contributed by atoms with E-state index in [1.54, 1.807) is 13.0 Å². The molecular weight excluding hydrogens is 280 g/mol. The average molecular weight is 295 g/mol. The molecule has 0 spiro atoms. The van der Waals surface area contributed by atoms with Crippen molar-refractivity contribution in [3.05, 3.63) is 16.0 Å². The Labute approximate surface area is 110 Å². The lowest BCUT2D eigenvalue weighted by molar-refractivity contribution is 0.540. The Kier molecular flexibility index (Phi) is 4.10. The van der Waals surface area contributed by atoms with Gasteiger partial charge in [0.2, 0.25) is 10.0 Å². The topological polar surface area (TPSA) is 58.2 Å². The zero-order valence-electron chi connectivity index (χ0n) is 9.49. The van der Waals surface area contributed by atoms with E-state index in [0.717, 1.165) is 36.4 Å². The van der Waals surface area contributed by atoms with Crippen molar-refractivity contribution in [1.82, 2.24) is 10.0 Å². The van der Waals surface area contributed by atoms with Crippen LogP contribution < -0.4 is 10.0 Å². The minimum atomic E-state index is -3.39. The minimum absolute atomic E-state index is 0.297. The highest BCUT2D eigenvalue weighted by Gasteiger charge is 2.21. The highest BCUT2D eigenvalue weighted by atomic mass is 35.5. The van der Waals surface area contributed by atoms with Crippen LogP contribution in [0.4, 0.5) is 0 Å². The lowest BCUT2D eigenvalue weighted by Crippen LogP contribution is -2.29. The van der Waals surface area contributed by atoms with Gasteiger partial charge < -0.3 is 5.32 Å². The lowest BCUT2D eigenvalue weighted by atomic mass is 10.1. The third-order valence-corrected chi connectivity index (χ3v) is 6.28. The standard InChI is InChI=1S/C10H15ClN2O2S2/c1-7-4-9(16-10(7)11)17(14,15)13-6-8-2-3-12-5-8/h4,8,12-13H,2-3,5-6H2,1H3. The van der Waals surface area contributed by atoms with Gasteiger partial charge in [0.15, 0.2) is 0 Å². The number of rotatable bonds is 4. The van der Waals surface area contributed by atoms with Gasteiger partial charge in [-0.25, -0.2) is 13.1 Å². The van der Waals surface area contributed by atoms with Crippen LogP contribution in [0.5, 0.6) is 0 Å². The monoisotopic (exact) mass is 294 g/mol. The predicted octanol–water partition coefficient (Wildman–Crippen LogP) is 1.60. The van der Waals surface area contributed by atoms with Crippen LogP contribution in [-0.2, 0) is 10.0 Å². The molecule has 0 amide bonds. The first-order valence-electron chi connectivity index (χ1n) is 5.45. The average Bonchev–Trinajstić information content (AvgIpc) is 2.87. The molecule has 0 bridgehead atoms. The van der Waals surface area contributed by atoms with E-state index < -0.39 is 10.0 Å². The summed E-state index contributed by atoms with van der Waals surface area (Å²) in [4.78, 5) is 0. The van der Waals surface area contributed by atoms with Gasteiger partial charge in [0.25, 0.3) is 0 Å². The van der Waals surface area contributed by atoms with Crippen LogP contribution in [-0.4, -0.2) is 28.1 Å². The highest BCUT2D eigenvalue weighted by Crippen LogP contribution is 2.29. The van der Waals surface area contributed by atoms with E-state index in [-0.39, 0.29) is 0 Å². The molecule has 2 N–H and O–H groups in total. The second-order valence-electron chi connectivity index (χ2n) is 4.23. The van der Waals surface area contributed by atoms with Crippen molar-refractivity contribution in [1.29, 1.82) is 0 Å². The van der Waals surface area contributed by atoms with Crippen molar-refractivity contribution in [3.63, 3.8) is 0 Å². The summed E-state index contributed by atoms with van der Waals surface area (Å²) in [5, 5.41) is 3.21. The van der Waals surface area contributed by atoms with E-state index in [1.165, 1.54) is 0 Å². The highest BCUT2D eigenvalue weighted by molar-refractivity contribution is 7.91. The Morgan fingerprint density at radius 3 is 2.94 bits per heavy atom. The second kappa shape index (κ2) is 5.24. The molecule has 0 aromatic carbocycles. The van der Waals surface area contributed by atoms with E-state index in [4.69, 9.17) is 11.6 Å². The molecule has 0 radical (unpaired) electrons. The number of aryl methyl sites for hydroxylation is 1. The van der Waals surface area contributed by atoms with Crippen molar-refractivity contribution in [3.8, 4) is 0 Å².